The maximum absolute atomic E-state index is 13.6. The quantitative estimate of drug-likeness (QED) is 0.345. The maximum Gasteiger partial charge on any atom is 0.271 e. The molecule has 0 saturated heterocycles. The van der Waals surface area contributed by atoms with Gasteiger partial charge in [-0.05, 0) is 55.2 Å². The van der Waals surface area contributed by atoms with Crippen molar-refractivity contribution in [1.29, 1.82) is 0 Å². The van der Waals surface area contributed by atoms with E-state index in [9.17, 15) is 18.3 Å². The number of hydrogen-bond donors (Lipinski definition) is 2. The highest BCUT2D eigenvalue weighted by Crippen LogP contribution is 2.36. The number of anilines is 1. The minimum Gasteiger partial charge on any atom is -0.486 e. The number of benzene rings is 2. The van der Waals surface area contributed by atoms with Gasteiger partial charge in [-0.3, -0.25) is 14.4 Å². The van der Waals surface area contributed by atoms with Gasteiger partial charge in [-0.25, -0.2) is 8.42 Å². The summed E-state index contributed by atoms with van der Waals surface area (Å²) in [7, 11) is -1.94. The zero-order valence-corrected chi connectivity index (χ0v) is 24.9. The van der Waals surface area contributed by atoms with Crippen molar-refractivity contribution in [3.8, 4) is 5.75 Å². The molecule has 3 aromatic rings. The number of amides is 1. The van der Waals surface area contributed by atoms with Crippen molar-refractivity contribution in [1.82, 2.24) is 9.80 Å². The van der Waals surface area contributed by atoms with E-state index in [1.54, 1.807) is 47.5 Å². The molecule has 1 aliphatic heterocycles. The molecule has 0 radical (unpaired) electrons. The summed E-state index contributed by atoms with van der Waals surface area (Å²) < 4.78 is 35.4. The number of rotatable bonds is 9. The van der Waals surface area contributed by atoms with E-state index in [1.807, 2.05) is 26.1 Å². The normalized spacial score (nSPS) is 18.7. The predicted molar refractivity (Wildman–Crippen MR) is 156 cm³/mol. The number of aliphatic hydroxyl groups is 1. The number of thiophene rings is 1. The molecular weight excluding hydrogens is 581 g/mol. The molecule has 0 fully saturated rings. The lowest BCUT2D eigenvalue weighted by Crippen LogP contribution is -2.49. The number of ether oxygens (including phenoxy) is 1. The molecule has 0 spiro atoms. The first-order chi connectivity index (χ1) is 18.5. The smallest absolute Gasteiger partial charge is 0.271 e. The van der Waals surface area contributed by atoms with Crippen molar-refractivity contribution in [2.24, 2.45) is 5.92 Å². The van der Waals surface area contributed by atoms with Crippen LogP contribution in [0, 0.1) is 5.92 Å². The van der Waals surface area contributed by atoms with Gasteiger partial charge in [-0.15, -0.1) is 11.3 Å². The Morgan fingerprint density at radius 2 is 1.97 bits per heavy atom. The predicted octanol–water partition coefficient (Wildman–Crippen LogP) is 5.21. The highest BCUT2D eigenvalue weighted by Gasteiger charge is 2.35. The van der Waals surface area contributed by atoms with Crippen LogP contribution in [0.1, 0.15) is 29.8 Å². The van der Waals surface area contributed by atoms with Crippen LogP contribution in [0.5, 0.6) is 5.75 Å². The van der Waals surface area contributed by atoms with E-state index in [0.29, 0.717) is 29.7 Å². The van der Waals surface area contributed by atoms with Crippen molar-refractivity contribution in [2.75, 3.05) is 31.5 Å². The molecule has 12 heteroatoms. The van der Waals surface area contributed by atoms with Crippen LogP contribution >= 0.6 is 34.5 Å². The number of para-hydroxylation sites is 1. The molecule has 1 aliphatic rings. The fraction of sp³-hybridized carbons (Fsp3) is 0.370. The number of hydrogen-bond acceptors (Lipinski definition) is 7. The number of sulfonamides is 1. The van der Waals surface area contributed by atoms with Gasteiger partial charge in [0.1, 0.15) is 10.3 Å². The molecule has 0 aliphatic carbocycles. The van der Waals surface area contributed by atoms with Gasteiger partial charge < -0.3 is 14.7 Å². The van der Waals surface area contributed by atoms with Crippen LogP contribution in [-0.4, -0.2) is 68.1 Å². The van der Waals surface area contributed by atoms with Crippen LogP contribution in [0.15, 0.2) is 58.1 Å². The summed E-state index contributed by atoms with van der Waals surface area (Å²) in [5.41, 5.74) is 1.38. The van der Waals surface area contributed by atoms with E-state index >= 15 is 0 Å². The SMILES string of the molecule is C[C@H]1CN([C@@H](C)CO)C(=O)c2cccc(NS(=O)(=O)c3cccs3)c2O[C@@H]1CN(C)Cc1ccc(Cl)c(Cl)c1. The van der Waals surface area contributed by atoms with E-state index in [0.717, 1.165) is 16.9 Å². The summed E-state index contributed by atoms with van der Waals surface area (Å²) in [5.74, 6) is -0.315. The van der Waals surface area contributed by atoms with Gasteiger partial charge in [0.15, 0.2) is 5.75 Å². The Morgan fingerprint density at radius 1 is 1.21 bits per heavy atom. The molecule has 3 atom stereocenters. The Labute approximate surface area is 243 Å². The van der Waals surface area contributed by atoms with Gasteiger partial charge in [0.25, 0.3) is 15.9 Å². The second-order valence-electron chi connectivity index (χ2n) is 9.79. The molecule has 1 aromatic heterocycles. The van der Waals surface area contributed by atoms with Gasteiger partial charge in [-0.1, -0.05) is 48.3 Å². The number of halogens is 2. The summed E-state index contributed by atoms with van der Waals surface area (Å²) in [5, 5.41) is 12.5. The molecule has 2 N–H and O–H groups in total. The van der Waals surface area contributed by atoms with Crippen LogP contribution < -0.4 is 9.46 Å². The third kappa shape index (κ3) is 6.87. The van der Waals surface area contributed by atoms with Crippen LogP contribution in [0.2, 0.25) is 10.0 Å². The van der Waals surface area contributed by atoms with E-state index in [1.165, 1.54) is 6.07 Å². The van der Waals surface area contributed by atoms with Crippen molar-refractivity contribution < 1.29 is 23.1 Å². The van der Waals surface area contributed by atoms with E-state index < -0.39 is 22.2 Å². The summed E-state index contributed by atoms with van der Waals surface area (Å²) in [4.78, 5) is 17.3. The highest BCUT2D eigenvalue weighted by molar-refractivity contribution is 7.94. The maximum atomic E-state index is 13.6. The third-order valence-corrected chi connectivity index (χ3v) is 10.1. The first-order valence-corrected chi connectivity index (χ1v) is 15.5. The van der Waals surface area contributed by atoms with Gasteiger partial charge >= 0.3 is 0 Å². The molecule has 8 nitrogen and oxygen atoms in total. The molecule has 39 heavy (non-hydrogen) atoms. The summed E-state index contributed by atoms with van der Waals surface area (Å²) >= 11 is 13.4. The Morgan fingerprint density at radius 3 is 2.64 bits per heavy atom. The Bertz CT molecular complexity index is 1420. The van der Waals surface area contributed by atoms with Crippen molar-refractivity contribution in [3.05, 3.63) is 75.1 Å². The monoisotopic (exact) mass is 611 g/mol. The van der Waals surface area contributed by atoms with Crippen molar-refractivity contribution in [3.63, 3.8) is 0 Å². The Balaban J connectivity index is 1.69. The number of aliphatic hydroxyl groups excluding tert-OH is 1. The minimum absolute atomic E-state index is 0.144. The summed E-state index contributed by atoms with van der Waals surface area (Å²) in [6.45, 7) is 4.95. The van der Waals surface area contributed by atoms with Crippen molar-refractivity contribution >= 4 is 56.2 Å². The summed E-state index contributed by atoms with van der Waals surface area (Å²) in [6, 6.07) is 13.0. The lowest BCUT2D eigenvalue weighted by molar-refractivity contribution is 0.0344. The lowest BCUT2D eigenvalue weighted by Gasteiger charge is -2.38. The van der Waals surface area contributed by atoms with E-state index in [4.69, 9.17) is 27.9 Å². The number of carbonyl (C=O) groups is 1. The average Bonchev–Trinajstić information content (AvgIpc) is 3.44. The first kappa shape index (κ1) is 29.6. The number of fused-ring (bicyclic) bond motifs is 1. The van der Waals surface area contributed by atoms with Crippen LogP contribution in [-0.2, 0) is 16.6 Å². The molecule has 2 heterocycles. The minimum atomic E-state index is -3.89. The molecule has 4 rings (SSSR count). The molecule has 210 valence electrons. The van der Waals surface area contributed by atoms with Crippen LogP contribution in [0.25, 0.3) is 0 Å². The fourth-order valence-electron chi connectivity index (χ4n) is 4.47. The topological polar surface area (TPSA) is 99.2 Å². The molecule has 2 aromatic carbocycles. The fourth-order valence-corrected chi connectivity index (χ4v) is 6.85. The van der Waals surface area contributed by atoms with Gasteiger partial charge in [0, 0.05) is 25.6 Å². The van der Waals surface area contributed by atoms with E-state index in [-0.39, 0.29) is 39.6 Å². The third-order valence-electron chi connectivity index (χ3n) is 6.62. The number of carbonyl (C=O) groups excluding carboxylic acids is 1. The second-order valence-corrected chi connectivity index (χ2v) is 13.5. The number of likely N-dealkylation sites (N-methyl/N-ethyl adjacent to an activating group) is 1. The Kier molecular flexibility index (Phi) is 9.46. The van der Waals surface area contributed by atoms with E-state index in [2.05, 4.69) is 9.62 Å². The average molecular weight is 613 g/mol. The lowest BCUT2D eigenvalue weighted by atomic mass is 9.99. The van der Waals surface area contributed by atoms with Gasteiger partial charge in [-0.2, -0.15) is 0 Å². The van der Waals surface area contributed by atoms with Gasteiger partial charge in [0.2, 0.25) is 0 Å². The summed E-state index contributed by atoms with van der Waals surface area (Å²) in [6.07, 6.45) is -0.412. The van der Waals surface area contributed by atoms with Crippen LogP contribution in [0.3, 0.4) is 0 Å². The molecule has 0 bridgehead atoms. The number of nitrogens with one attached hydrogen (secondary N) is 1. The van der Waals surface area contributed by atoms with Gasteiger partial charge in [0.05, 0.1) is 33.9 Å². The highest BCUT2D eigenvalue weighted by atomic mass is 35.5. The van der Waals surface area contributed by atoms with Crippen molar-refractivity contribution in [2.45, 2.75) is 36.7 Å². The largest absolute Gasteiger partial charge is 0.486 e. The first-order valence-electron chi connectivity index (χ1n) is 12.4. The molecule has 0 unspecified atom stereocenters. The van der Waals surface area contributed by atoms with Crippen LogP contribution in [0.4, 0.5) is 5.69 Å². The Hall–Kier alpha value is -2.34. The zero-order chi connectivity index (χ0) is 28.3. The number of nitrogens with zero attached hydrogens (tertiary/aromatic N) is 2. The standard InChI is InChI=1S/C27H31Cl2N3O5S2/c1-17-13-32(18(2)16-33)27(34)20-6-4-7-23(30-39(35,36)25-8-5-11-38-25)26(20)37-24(17)15-31(3)14-19-9-10-21(28)22(29)12-19/h4-12,17-18,24,30,33H,13-16H2,1-3H3/t17-,18-,24+/m0/s1. The second kappa shape index (κ2) is 12.4. The molecular formula is C27H31Cl2N3O5S2. The molecule has 1 amide bonds. The zero-order valence-electron chi connectivity index (χ0n) is 21.8. The molecule has 0 saturated carbocycles.